The van der Waals surface area contributed by atoms with Crippen LogP contribution in [0.5, 0.6) is 0 Å². The first-order valence-corrected chi connectivity index (χ1v) is 9.36. The number of amides is 1. The highest BCUT2D eigenvalue weighted by Gasteiger charge is 2.37. The molecule has 6 nitrogen and oxygen atoms in total. The molecule has 2 aromatic heterocycles. The zero-order chi connectivity index (χ0) is 17.4. The van der Waals surface area contributed by atoms with Crippen LogP contribution in [0.25, 0.3) is 0 Å². The van der Waals surface area contributed by atoms with E-state index in [1.54, 1.807) is 0 Å². The molecule has 0 aromatic carbocycles. The van der Waals surface area contributed by atoms with Gasteiger partial charge in [0.2, 0.25) is 11.8 Å². The van der Waals surface area contributed by atoms with Gasteiger partial charge in [0.25, 0.3) is 0 Å². The van der Waals surface area contributed by atoms with Crippen molar-refractivity contribution in [2.24, 2.45) is 5.92 Å². The number of hydrogen-bond acceptors (Lipinski definition) is 5. The van der Waals surface area contributed by atoms with Gasteiger partial charge in [-0.1, -0.05) is 19.0 Å². The Balaban J connectivity index is 1.36. The fourth-order valence-corrected chi connectivity index (χ4v) is 3.70. The molecule has 4 rings (SSSR count). The minimum Gasteiger partial charge on any atom is -0.466 e. The van der Waals surface area contributed by atoms with Crippen molar-refractivity contribution in [3.05, 3.63) is 35.4 Å². The van der Waals surface area contributed by atoms with E-state index >= 15 is 0 Å². The topological polar surface area (TPSA) is 72.4 Å². The Labute approximate surface area is 147 Å². The van der Waals surface area contributed by atoms with Crippen LogP contribution in [-0.2, 0) is 17.6 Å². The Bertz CT molecular complexity index is 751. The molecule has 2 aliphatic rings. The molecule has 3 heterocycles. The summed E-state index contributed by atoms with van der Waals surface area (Å²) in [4.78, 5) is 19.0. The number of likely N-dealkylation sites (tertiary alicyclic amines) is 1. The van der Waals surface area contributed by atoms with Crippen LogP contribution in [0.4, 0.5) is 0 Å². The van der Waals surface area contributed by atoms with E-state index in [0.29, 0.717) is 36.9 Å². The minimum absolute atomic E-state index is 0.0453. The van der Waals surface area contributed by atoms with E-state index in [1.807, 2.05) is 17.9 Å². The molecule has 0 N–H and O–H groups in total. The molecule has 6 heteroatoms. The first-order chi connectivity index (χ1) is 12.2. The second-order valence-corrected chi connectivity index (χ2v) is 7.27. The molecule has 1 aliphatic heterocycles. The largest absolute Gasteiger partial charge is 0.466 e. The first-order valence-electron chi connectivity index (χ1n) is 9.36. The molecular formula is C19H25N3O3. The van der Waals surface area contributed by atoms with Gasteiger partial charge in [-0.25, -0.2) is 0 Å². The second kappa shape index (κ2) is 6.65. The van der Waals surface area contributed by atoms with Crippen LogP contribution in [0, 0.1) is 5.92 Å². The van der Waals surface area contributed by atoms with E-state index < -0.39 is 0 Å². The van der Waals surface area contributed by atoms with Crippen molar-refractivity contribution in [1.29, 1.82) is 0 Å². The van der Waals surface area contributed by atoms with Crippen LogP contribution in [-0.4, -0.2) is 27.5 Å². The molecule has 3 unspecified atom stereocenters. The Morgan fingerprint density at radius 1 is 1.40 bits per heavy atom. The Morgan fingerprint density at radius 2 is 2.24 bits per heavy atom. The standard InChI is InChI=1S/C19H25N3O3/c1-3-17-20-19(21-25-17)15-5-4-10-22(15)18(23)9-7-13-6-8-16(24-13)14-11-12(14)2/h6,8,12,14-15H,3-5,7,9-11H2,1-2H3. The smallest absolute Gasteiger partial charge is 0.226 e. The molecule has 2 fully saturated rings. The zero-order valence-electron chi connectivity index (χ0n) is 14.9. The summed E-state index contributed by atoms with van der Waals surface area (Å²) in [6.45, 7) is 4.99. The van der Waals surface area contributed by atoms with Crippen LogP contribution in [0.15, 0.2) is 21.1 Å². The van der Waals surface area contributed by atoms with E-state index in [2.05, 4.69) is 23.1 Å². The van der Waals surface area contributed by atoms with Crippen LogP contribution in [0.1, 0.15) is 74.7 Å². The lowest BCUT2D eigenvalue weighted by Gasteiger charge is -2.22. The third-order valence-corrected chi connectivity index (χ3v) is 5.40. The number of rotatable bonds is 6. The van der Waals surface area contributed by atoms with Crippen LogP contribution < -0.4 is 0 Å². The highest BCUT2D eigenvalue weighted by molar-refractivity contribution is 5.77. The number of furan rings is 1. The average Bonchev–Trinajstić information content (AvgIpc) is 3.11. The van der Waals surface area contributed by atoms with Crippen molar-refractivity contribution >= 4 is 5.91 Å². The molecule has 25 heavy (non-hydrogen) atoms. The van der Waals surface area contributed by atoms with Crippen LogP contribution in [0.2, 0.25) is 0 Å². The van der Waals surface area contributed by atoms with Gasteiger partial charge in [0.15, 0.2) is 5.82 Å². The normalized spacial score (nSPS) is 25.5. The summed E-state index contributed by atoms with van der Waals surface area (Å²) in [5.41, 5.74) is 0. The third-order valence-electron chi connectivity index (χ3n) is 5.40. The highest BCUT2D eigenvalue weighted by Crippen LogP contribution is 2.47. The number of hydrogen-bond donors (Lipinski definition) is 0. The summed E-state index contributed by atoms with van der Waals surface area (Å²) in [5.74, 6) is 4.71. The van der Waals surface area contributed by atoms with E-state index in [4.69, 9.17) is 8.94 Å². The molecule has 1 amide bonds. The van der Waals surface area contributed by atoms with Gasteiger partial charge in [-0.3, -0.25) is 4.79 Å². The zero-order valence-corrected chi connectivity index (χ0v) is 14.9. The minimum atomic E-state index is -0.0453. The van der Waals surface area contributed by atoms with Gasteiger partial charge in [0.05, 0.1) is 6.04 Å². The second-order valence-electron chi connectivity index (χ2n) is 7.27. The Hall–Kier alpha value is -2.11. The van der Waals surface area contributed by atoms with Gasteiger partial charge in [0, 0.05) is 31.7 Å². The van der Waals surface area contributed by atoms with E-state index in [9.17, 15) is 4.79 Å². The quantitative estimate of drug-likeness (QED) is 0.800. The summed E-state index contributed by atoms with van der Waals surface area (Å²) in [5, 5.41) is 4.06. The molecular weight excluding hydrogens is 318 g/mol. The fraction of sp³-hybridized carbons (Fsp3) is 0.632. The highest BCUT2D eigenvalue weighted by atomic mass is 16.5. The lowest BCUT2D eigenvalue weighted by Crippen LogP contribution is -2.31. The molecule has 1 aliphatic carbocycles. The molecule has 3 atom stereocenters. The SMILES string of the molecule is CCc1nc(C2CCCN2C(=O)CCc2ccc(C3CC3C)o2)no1. The summed E-state index contributed by atoms with van der Waals surface area (Å²) in [7, 11) is 0. The van der Waals surface area contributed by atoms with Gasteiger partial charge in [-0.15, -0.1) is 0 Å². The maximum Gasteiger partial charge on any atom is 0.226 e. The number of carbonyl (C=O) groups is 1. The summed E-state index contributed by atoms with van der Waals surface area (Å²) >= 11 is 0. The summed E-state index contributed by atoms with van der Waals surface area (Å²) in [6.07, 6.45) is 4.92. The molecule has 0 bridgehead atoms. The molecule has 134 valence electrons. The van der Waals surface area contributed by atoms with Crippen LogP contribution >= 0.6 is 0 Å². The number of nitrogens with zero attached hydrogens (tertiary/aromatic N) is 3. The molecule has 1 saturated carbocycles. The van der Waals surface area contributed by atoms with Crippen molar-refractivity contribution in [2.45, 2.75) is 64.3 Å². The van der Waals surface area contributed by atoms with Gasteiger partial charge >= 0.3 is 0 Å². The maximum atomic E-state index is 12.7. The number of aromatic nitrogens is 2. The molecule has 0 radical (unpaired) electrons. The third kappa shape index (κ3) is 3.34. The van der Waals surface area contributed by atoms with E-state index in [1.165, 1.54) is 6.42 Å². The monoisotopic (exact) mass is 343 g/mol. The maximum absolute atomic E-state index is 12.7. The molecule has 0 spiro atoms. The van der Waals surface area contributed by atoms with Crippen molar-refractivity contribution in [2.75, 3.05) is 6.54 Å². The lowest BCUT2D eigenvalue weighted by atomic mass is 10.2. The van der Waals surface area contributed by atoms with Crippen LogP contribution in [0.3, 0.4) is 0 Å². The van der Waals surface area contributed by atoms with Crippen molar-refractivity contribution < 1.29 is 13.7 Å². The van der Waals surface area contributed by atoms with Crippen molar-refractivity contribution in [1.82, 2.24) is 15.0 Å². The molecule has 2 aromatic rings. The van der Waals surface area contributed by atoms with E-state index in [0.717, 1.165) is 36.8 Å². The molecule has 1 saturated heterocycles. The summed E-state index contributed by atoms with van der Waals surface area (Å²) in [6, 6.07) is 4.04. The predicted octanol–water partition coefficient (Wildman–Crippen LogP) is 3.64. The summed E-state index contributed by atoms with van der Waals surface area (Å²) < 4.78 is 11.1. The fourth-order valence-electron chi connectivity index (χ4n) is 3.70. The first kappa shape index (κ1) is 16.4. The van der Waals surface area contributed by atoms with Crippen molar-refractivity contribution in [3.63, 3.8) is 0 Å². The lowest BCUT2D eigenvalue weighted by molar-refractivity contribution is -0.132. The number of carbonyl (C=O) groups excluding carboxylic acids is 1. The van der Waals surface area contributed by atoms with Gasteiger partial charge in [-0.05, 0) is 37.3 Å². The van der Waals surface area contributed by atoms with Gasteiger partial charge in [0.1, 0.15) is 11.5 Å². The number of aryl methyl sites for hydroxylation is 2. The van der Waals surface area contributed by atoms with Gasteiger partial charge < -0.3 is 13.8 Å². The van der Waals surface area contributed by atoms with Gasteiger partial charge in [-0.2, -0.15) is 4.98 Å². The Morgan fingerprint density at radius 3 is 2.96 bits per heavy atom. The predicted molar refractivity (Wildman–Crippen MR) is 90.9 cm³/mol. The van der Waals surface area contributed by atoms with Crippen molar-refractivity contribution in [3.8, 4) is 0 Å². The average molecular weight is 343 g/mol. The Kier molecular flexibility index (Phi) is 4.36. The van der Waals surface area contributed by atoms with E-state index in [-0.39, 0.29) is 11.9 Å².